The van der Waals surface area contributed by atoms with Gasteiger partial charge in [0.05, 0.1) is 18.0 Å². The van der Waals surface area contributed by atoms with Crippen molar-refractivity contribution in [2.45, 2.75) is 29.3 Å². The molecular weight excluding hydrogens is 513 g/mol. The Kier molecular flexibility index (Phi) is 7.15. The number of rotatable bonds is 9. The Morgan fingerprint density at radius 2 is 1.73 bits per heavy atom. The van der Waals surface area contributed by atoms with Gasteiger partial charge >= 0.3 is 0 Å². The highest BCUT2D eigenvalue weighted by molar-refractivity contribution is 7.91. The number of hydrogen-bond donors (Lipinski definition) is 1. The quantitative estimate of drug-likeness (QED) is 0.234. The van der Waals surface area contributed by atoms with Crippen LogP contribution >= 0.6 is 11.6 Å². The first-order chi connectivity index (χ1) is 17.9. The van der Waals surface area contributed by atoms with Crippen LogP contribution in [0.3, 0.4) is 0 Å². The van der Waals surface area contributed by atoms with Crippen LogP contribution in [0, 0.1) is 5.82 Å². The lowest BCUT2D eigenvalue weighted by atomic mass is 10.1. The minimum Gasteiger partial charge on any atom is -0.491 e. The van der Waals surface area contributed by atoms with E-state index in [1.807, 2.05) is 24.3 Å². The van der Waals surface area contributed by atoms with Crippen molar-refractivity contribution >= 4 is 43.1 Å². The van der Waals surface area contributed by atoms with Crippen LogP contribution in [0.5, 0.6) is 5.75 Å². The molecule has 190 valence electrons. The van der Waals surface area contributed by atoms with Crippen LogP contribution in [0.25, 0.3) is 21.7 Å². The number of benzene rings is 4. The van der Waals surface area contributed by atoms with E-state index in [9.17, 15) is 12.8 Å². The van der Waals surface area contributed by atoms with E-state index in [0.717, 1.165) is 17.4 Å². The fraction of sp³-hybridized carbons (Fsp3) is 0.179. The van der Waals surface area contributed by atoms with Gasteiger partial charge in [0.25, 0.3) is 0 Å². The molecule has 2 N–H and O–H groups in total. The second-order valence-electron chi connectivity index (χ2n) is 8.72. The smallest absolute Gasteiger partial charge is 0.226 e. The van der Waals surface area contributed by atoms with Crippen LogP contribution < -0.4 is 10.5 Å². The van der Waals surface area contributed by atoms with Crippen LogP contribution in [0.2, 0.25) is 5.02 Å². The van der Waals surface area contributed by atoms with E-state index in [-0.39, 0.29) is 27.6 Å². The van der Waals surface area contributed by atoms with Gasteiger partial charge in [0, 0.05) is 21.9 Å². The van der Waals surface area contributed by atoms with Crippen molar-refractivity contribution in [1.82, 2.24) is 9.78 Å². The van der Waals surface area contributed by atoms with Gasteiger partial charge in [-0.2, -0.15) is 5.10 Å². The molecule has 0 radical (unpaired) electrons. The van der Waals surface area contributed by atoms with E-state index in [1.54, 1.807) is 42.5 Å². The summed E-state index contributed by atoms with van der Waals surface area (Å²) in [5, 5.41) is 6.35. The molecule has 37 heavy (non-hydrogen) atoms. The van der Waals surface area contributed by atoms with Gasteiger partial charge in [-0.15, -0.1) is 0 Å². The second-order valence-corrected chi connectivity index (χ2v) is 11.0. The van der Waals surface area contributed by atoms with Crippen LogP contribution in [0.1, 0.15) is 18.4 Å². The molecule has 0 atom stereocenters. The Bertz CT molecular complexity index is 1700. The molecule has 1 aromatic heterocycles. The van der Waals surface area contributed by atoms with E-state index in [1.165, 1.54) is 16.8 Å². The minimum absolute atomic E-state index is 0.106. The molecule has 0 unspecified atom stereocenters. The maximum atomic E-state index is 14.8. The zero-order chi connectivity index (χ0) is 26.0. The fourth-order valence-electron chi connectivity index (χ4n) is 4.41. The fourth-order valence-corrected chi connectivity index (χ4v) is 6.22. The summed E-state index contributed by atoms with van der Waals surface area (Å²) in [6.07, 6.45) is 1.43. The molecule has 9 heteroatoms. The first-order valence-electron chi connectivity index (χ1n) is 11.9. The van der Waals surface area contributed by atoms with Gasteiger partial charge in [-0.05, 0) is 54.6 Å². The molecule has 0 aliphatic heterocycles. The van der Waals surface area contributed by atoms with Crippen molar-refractivity contribution in [2.75, 3.05) is 13.2 Å². The number of ether oxygens (including phenoxy) is 1. The third kappa shape index (κ3) is 5.05. The minimum atomic E-state index is -4.13. The van der Waals surface area contributed by atoms with E-state index >= 15 is 0 Å². The van der Waals surface area contributed by atoms with Crippen molar-refractivity contribution in [3.63, 3.8) is 0 Å². The van der Waals surface area contributed by atoms with E-state index in [4.69, 9.17) is 22.1 Å². The normalized spacial score (nSPS) is 11.9. The number of nitrogens with two attached hydrogens (primary N) is 1. The molecule has 6 nitrogen and oxygen atoms in total. The molecule has 0 spiro atoms. The van der Waals surface area contributed by atoms with Crippen molar-refractivity contribution in [2.24, 2.45) is 5.73 Å². The van der Waals surface area contributed by atoms with Crippen molar-refractivity contribution in [1.29, 1.82) is 0 Å². The SMILES string of the molecule is NCCCCOc1cc(F)cc2c(S(=O)(=O)c3cccc4ccccc34)nn(Cc3cccc(Cl)c3)c12. The number of fused-ring (bicyclic) bond motifs is 2. The molecular formula is C28H25ClFN3O3S. The standard InChI is InChI=1S/C28H25ClFN3O3S/c29-21-10-5-7-19(15-21)18-33-27-24(16-22(30)17-25(27)36-14-4-3-13-31)28(32-33)37(34,35)26-12-6-9-20-8-1-2-11-23(20)26/h1-2,5-12,15-17H,3-4,13-14,18,31H2. The van der Waals surface area contributed by atoms with Crippen LogP contribution in [-0.2, 0) is 16.4 Å². The second kappa shape index (κ2) is 10.5. The monoisotopic (exact) mass is 537 g/mol. The predicted octanol–water partition coefficient (Wildman–Crippen LogP) is 5.98. The summed E-state index contributed by atoms with van der Waals surface area (Å²) in [5.41, 5.74) is 6.79. The highest BCUT2D eigenvalue weighted by Crippen LogP contribution is 2.36. The van der Waals surface area contributed by atoms with E-state index in [0.29, 0.717) is 35.5 Å². The Morgan fingerprint density at radius 3 is 2.54 bits per heavy atom. The molecule has 0 saturated heterocycles. The lowest BCUT2D eigenvalue weighted by Crippen LogP contribution is -2.07. The molecule has 0 bridgehead atoms. The predicted molar refractivity (Wildman–Crippen MR) is 143 cm³/mol. The summed E-state index contributed by atoms with van der Waals surface area (Å²) in [6.45, 7) is 1.04. The molecule has 0 aliphatic carbocycles. The molecule has 5 rings (SSSR count). The van der Waals surface area contributed by atoms with Gasteiger partial charge in [-0.25, -0.2) is 12.8 Å². The maximum Gasteiger partial charge on any atom is 0.226 e. The van der Waals surface area contributed by atoms with Gasteiger partial charge in [0.2, 0.25) is 9.84 Å². The summed E-state index contributed by atoms with van der Waals surface area (Å²) in [4.78, 5) is 0.106. The third-order valence-corrected chi connectivity index (χ3v) is 8.09. The molecule has 5 aromatic rings. The number of halogens is 2. The average molecular weight is 538 g/mol. The number of unbranched alkanes of at least 4 members (excludes halogenated alkanes) is 1. The molecule has 0 fully saturated rings. The summed E-state index contributed by atoms with van der Waals surface area (Å²) in [6, 6.07) is 22.0. The van der Waals surface area contributed by atoms with Crippen molar-refractivity contribution < 1.29 is 17.5 Å². The number of hydrogen-bond acceptors (Lipinski definition) is 5. The van der Waals surface area contributed by atoms with Crippen LogP contribution in [-0.4, -0.2) is 31.3 Å². The van der Waals surface area contributed by atoms with Gasteiger partial charge in [0.1, 0.15) is 17.1 Å². The number of sulfone groups is 1. The van der Waals surface area contributed by atoms with Gasteiger partial charge in [-0.1, -0.05) is 60.1 Å². The highest BCUT2D eigenvalue weighted by Gasteiger charge is 2.29. The third-order valence-electron chi connectivity index (χ3n) is 6.11. The van der Waals surface area contributed by atoms with Crippen molar-refractivity contribution in [3.05, 3.63) is 95.3 Å². The summed E-state index contributed by atoms with van der Waals surface area (Å²) < 4.78 is 50.4. The van der Waals surface area contributed by atoms with E-state index in [2.05, 4.69) is 5.10 Å². The maximum absolute atomic E-state index is 14.8. The zero-order valence-electron chi connectivity index (χ0n) is 19.9. The number of nitrogens with zero attached hydrogens (tertiary/aromatic N) is 2. The number of aromatic nitrogens is 2. The Labute approximate surface area is 219 Å². The molecule has 0 amide bonds. The lowest BCUT2D eigenvalue weighted by Gasteiger charge is -2.11. The Hall–Kier alpha value is -3.46. The van der Waals surface area contributed by atoms with Crippen molar-refractivity contribution in [3.8, 4) is 5.75 Å². The summed E-state index contributed by atoms with van der Waals surface area (Å²) in [5.74, 6) is -0.390. The van der Waals surface area contributed by atoms with Gasteiger partial charge < -0.3 is 10.5 Å². The average Bonchev–Trinajstić information content (AvgIpc) is 3.25. The van der Waals surface area contributed by atoms with Crippen LogP contribution in [0.4, 0.5) is 4.39 Å². The first-order valence-corrected chi connectivity index (χ1v) is 13.7. The Balaban J connectivity index is 1.72. The largest absolute Gasteiger partial charge is 0.491 e. The van der Waals surface area contributed by atoms with E-state index < -0.39 is 15.7 Å². The molecule has 0 saturated carbocycles. The molecule has 4 aromatic carbocycles. The first kappa shape index (κ1) is 25.2. The summed E-state index contributed by atoms with van der Waals surface area (Å²) >= 11 is 6.18. The molecule has 1 heterocycles. The lowest BCUT2D eigenvalue weighted by molar-refractivity contribution is 0.308. The summed E-state index contributed by atoms with van der Waals surface area (Å²) in [7, 11) is -4.13. The van der Waals surface area contributed by atoms with Gasteiger partial charge in [-0.3, -0.25) is 4.68 Å². The molecule has 0 aliphatic rings. The van der Waals surface area contributed by atoms with Gasteiger partial charge in [0.15, 0.2) is 5.03 Å². The highest BCUT2D eigenvalue weighted by atomic mass is 35.5. The zero-order valence-corrected chi connectivity index (χ0v) is 21.5. The van der Waals surface area contributed by atoms with Crippen LogP contribution in [0.15, 0.2) is 88.8 Å². The topological polar surface area (TPSA) is 87.2 Å². The Morgan fingerprint density at radius 1 is 0.946 bits per heavy atom.